The summed E-state index contributed by atoms with van der Waals surface area (Å²) >= 11 is 0. The minimum absolute atomic E-state index is 0.107. The molecule has 1 aromatic heterocycles. The van der Waals surface area contributed by atoms with E-state index in [0.717, 1.165) is 25.8 Å². The average molecular weight is 290 g/mol. The second-order valence-corrected chi connectivity index (χ2v) is 5.94. The van der Waals surface area contributed by atoms with Crippen molar-refractivity contribution in [3.05, 3.63) is 11.8 Å². The highest BCUT2D eigenvalue weighted by molar-refractivity contribution is 5.97. The van der Waals surface area contributed by atoms with Gasteiger partial charge >= 0.3 is 0 Å². The molecule has 1 aliphatic carbocycles. The highest BCUT2D eigenvalue weighted by atomic mass is 16.5. The molecular formula is C14H18N4O3. The monoisotopic (exact) mass is 290 g/mol. The Morgan fingerprint density at radius 1 is 1.43 bits per heavy atom. The normalized spacial score (nSPS) is 24.7. The lowest BCUT2D eigenvalue weighted by Crippen LogP contribution is -2.37. The van der Waals surface area contributed by atoms with E-state index in [0.29, 0.717) is 37.1 Å². The molecule has 3 heterocycles. The number of aromatic nitrogens is 2. The minimum atomic E-state index is -0.200. The van der Waals surface area contributed by atoms with Crippen molar-refractivity contribution in [3.8, 4) is 5.88 Å². The van der Waals surface area contributed by atoms with Gasteiger partial charge in [-0.15, -0.1) is 0 Å². The third kappa shape index (κ3) is 2.26. The van der Waals surface area contributed by atoms with Crippen LogP contribution in [0.5, 0.6) is 5.88 Å². The molecule has 7 heteroatoms. The van der Waals surface area contributed by atoms with Gasteiger partial charge in [0.1, 0.15) is 5.56 Å². The van der Waals surface area contributed by atoms with Gasteiger partial charge in [0, 0.05) is 32.0 Å². The molecule has 1 saturated carbocycles. The molecule has 21 heavy (non-hydrogen) atoms. The Hall–Kier alpha value is -2.05. The summed E-state index contributed by atoms with van der Waals surface area (Å²) in [5.41, 5.74) is 0.465. The Morgan fingerprint density at radius 3 is 3.10 bits per heavy atom. The Balaban J connectivity index is 1.44. The molecule has 1 atom stereocenters. The van der Waals surface area contributed by atoms with Crippen LogP contribution in [0.1, 0.15) is 36.0 Å². The zero-order valence-electron chi connectivity index (χ0n) is 11.7. The zero-order chi connectivity index (χ0) is 14.4. The molecule has 1 unspecified atom stereocenters. The predicted octanol–water partition coefficient (Wildman–Crippen LogP) is 0.159. The summed E-state index contributed by atoms with van der Waals surface area (Å²) < 4.78 is 7.25. The number of hydrogen-bond acceptors (Lipinski definition) is 4. The first-order valence-corrected chi connectivity index (χ1v) is 7.51. The summed E-state index contributed by atoms with van der Waals surface area (Å²) in [5.74, 6) is 0.492. The van der Waals surface area contributed by atoms with E-state index in [1.165, 1.54) is 0 Å². The molecule has 112 valence electrons. The Bertz CT molecular complexity index is 593. The molecule has 0 bridgehead atoms. The largest absolute Gasteiger partial charge is 0.477 e. The van der Waals surface area contributed by atoms with Crippen LogP contribution in [0, 0.1) is 0 Å². The van der Waals surface area contributed by atoms with E-state index in [4.69, 9.17) is 4.74 Å². The van der Waals surface area contributed by atoms with Gasteiger partial charge in [0.05, 0.1) is 18.8 Å². The molecule has 2 aliphatic heterocycles. The lowest BCUT2D eigenvalue weighted by molar-refractivity contribution is -0.128. The maximum atomic E-state index is 12.4. The smallest absolute Gasteiger partial charge is 0.258 e. The fourth-order valence-electron chi connectivity index (χ4n) is 3.06. The molecule has 2 fully saturated rings. The third-order valence-corrected chi connectivity index (χ3v) is 4.27. The first-order chi connectivity index (χ1) is 10.2. The summed E-state index contributed by atoms with van der Waals surface area (Å²) in [7, 11) is 0. The minimum Gasteiger partial charge on any atom is -0.477 e. The van der Waals surface area contributed by atoms with Crippen molar-refractivity contribution in [3.63, 3.8) is 0 Å². The average Bonchev–Trinajstić information content (AvgIpc) is 3.12. The zero-order valence-corrected chi connectivity index (χ0v) is 11.7. The van der Waals surface area contributed by atoms with Crippen LogP contribution in [0.2, 0.25) is 0 Å². The number of nitrogens with one attached hydrogen (secondary N) is 1. The molecule has 0 spiro atoms. The van der Waals surface area contributed by atoms with E-state index in [1.54, 1.807) is 10.9 Å². The van der Waals surface area contributed by atoms with Crippen molar-refractivity contribution < 1.29 is 14.3 Å². The van der Waals surface area contributed by atoms with Crippen molar-refractivity contribution in [1.29, 1.82) is 0 Å². The first-order valence-electron chi connectivity index (χ1n) is 7.51. The van der Waals surface area contributed by atoms with Crippen molar-refractivity contribution in [2.45, 2.75) is 44.3 Å². The second-order valence-electron chi connectivity index (χ2n) is 5.94. The summed E-state index contributed by atoms with van der Waals surface area (Å²) in [4.78, 5) is 26.2. The molecule has 2 amide bonds. The summed E-state index contributed by atoms with van der Waals surface area (Å²) in [5, 5.41) is 7.11. The van der Waals surface area contributed by atoms with Crippen molar-refractivity contribution >= 4 is 11.8 Å². The van der Waals surface area contributed by atoms with Crippen LogP contribution in [-0.2, 0) is 11.3 Å². The number of likely N-dealkylation sites (tertiary alicyclic amines) is 1. The van der Waals surface area contributed by atoms with E-state index >= 15 is 0 Å². The van der Waals surface area contributed by atoms with Gasteiger partial charge in [-0.25, -0.2) is 4.68 Å². The molecular weight excluding hydrogens is 272 g/mol. The van der Waals surface area contributed by atoms with Gasteiger partial charge in [-0.3, -0.25) is 9.59 Å². The number of rotatable bonds is 3. The van der Waals surface area contributed by atoms with E-state index < -0.39 is 0 Å². The van der Waals surface area contributed by atoms with Gasteiger partial charge in [-0.2, -0.15) is 5.10 Å². The fraction of sp³-hybridized carbons (Fsp3) is 0.643. The van der Waals surface area contributed by atoms with E-state index in [9.17, 15) is 9.59 Å². The molecule has 1 aromatic rings. The van der Waals surface area contributed by atoms with Crippen LogP contribution in [0.25, 0.3) is 0 Å². The van der Waals surface area contributed by atoms with Crippen LogP contribution in [0.15, 0.2) is 6.20 Å². The molecule has 3 aliphatic rings. The number of nitrogens with zero attached hydrogens (tertiary/aromatic N) is 3. The van der Waals surface area contributed by atoms with Gasteiger partial charge < -0.3 is 15.0 Å². The van der Waals surface area contributed by atoms with Crippen LogP contribution in [-0.4, -0.2) is 51.7 Å². The molecule has 1 N–H and O–H groups in total. The van der Waals surface area contributed by atoms with Gasteiger partial charge in [-0.05, 0) is 12.8 Å². The van der Waals surface area contributed by atoms with Gasteiger partial charge in [0.2, 0.25) is 11.8 Å². The highest BCUT2D eigenvalue weighted by Gasteiger charge is 2.40. The quantitative estimate of drug-likeness (QED) is 0.860. The van der Waals surface area contributed by atoms with Crippen LogP contribution < -0.4 is 10.1 Å². The predicted molar refractivity (Wildman–Crippen MR) is 72.9 cm³/mol. The number of aryl methyl sites for hydroxylation is 1. The maximum Gasteiger partial charge on any atom is 0.258 e. The maximum absolute atomic E-state index is 12.4. The lowest BCUT2D eigenvalue weighted by atomic mass is 10.2. The number of amides is 2. The molecule has 0 aromatic carbocycles. The summed E-state index contributed by atoms with van der Waals surface area (Å²) in [6.07, 6.45) is 5.04. The lowest BCUT2D eigenvalue weighted by Gasteiger charge is -2.17. The number of hydrogen-bond donors (Lipinski definition) is 1. The van der Waals surface area contributed by atoms with Gasteiger partial charge in [0.15, 0.2) is 0 Å². The van der Waals surface area contributed by atoms with E-state index in [2.05, 4.69) is 10.4 Å². The topological polar surface area (TPSA) is 76.5 Å². The van der Waals surface area contributed by atoms with E-state index in [1.807, 2.05) is 4.90 Å². The number of fused-ring (bicyclic) bond motifs is 1. The van der Waals surface area contributed by atoms with Crippen LogP contribution >= 0.6 is 0 Å². The van der Waals surface area contributed by atoms with E-state index in [-0.39, 0.29) is 17.9 Å². The Kier molecular flexibility index (Phi) is 2.87. The summed E-state index contributed by atoms with van der Waals surface area (Å²) in [6.45, 7) is 2.02. The van der Waals surface area contributed by atoms with Crippen molar-refractivity contribution in [1.82, 2.24) is 20.0 Å². The summed E-state index contributed by atoms with van der Waals surface area (Å²) in [6, 6.07) is 0.302. The number of carbonyl (C=O) groups is 2. The third-order valence-electron chi connectivity index (χ3n) is 4.27. The van der Waals surface area contributed by atoms with Gasteiger partial charge in [-0.1, -0.05) is 0 Å². The number of ether oxygens (including phenoxy) is 1. The standard InChI is InChI=1S/C14H18N4O3/c19-12-6-9(8-17(12)10-2-3-10)16-13(20)11-7-15-18-4-1-5-21-14(11)18/h7,9-10H,1-6,8H2,(H,16,20). The molecule has 4 rings (SSSR count). The number of carbonyl (C=O) groups excluding carboxylic acids is 2. The van der Waals surface area contributed by atoms with Gasteiger partial charge in [0.25, 0.3) is 5.91 Å². The van der Waals surface area contributed by atoms with Crippen LogP contribution in [0.4, 0.5) is 0 Å². The van der Waals surface area contributed by atoms with Crippen LogP contribution in [0.3, 0.4) is 0 Å². The fourth-order valence-corrected chi connectivity index (χ4v) is 3.06. The first kappa shape index (κ1) is 12.7. The van der Waals surface area contributed by atoms with Crippen molar-refractivity contribution in [2.75, 3.05) is 13.2 Å². The molecule has 1 saturated heterocycles. The molecule has 0 radical (unpaired) electrons. The highest BCUT2D eigenvalue weighted by Crippen LogP contribution is 2.31. The second kappa shape index (κ2) is 4.75. The van der Waals surface area contributed by atoms with Crippen molar-refractivity contribution in [2.24, 2.45) is 0 Å². The SMILES string of the molecule is O=C(NC1CC(=O)N(C2CC2)C1)c1cnn2c1OCCC2. The Morgan fingerprint density at radius 2 is 2.29 bits per heavy atom. The molecule has 7 nitrogen and oxygen atoms in total. The Labute approximate surface area is 122 Å².